The summed E-state index contributed by atoms with van der Waals surface area (Å²) in [6.07, 6.45) is 0.319. The van der Waals surface area contributed by atoms with Crippen molar-refractivity contribution in [1.29, 1.82) is 0 Å². The Morgan fingerprint density at radius 1 is 1.26 bits per heavy atom. The predicted octanol–water partition coefficient (Wildman–Crippen LogP) is 3.44. The minimum Gasteiger partial charge on any atom is -0.482 e. The number of anilines is 2. The van der Waals surface area contributed by atoms with Gasteiger partial charge in [0.2, 0.25) is 5.91 Å². The van der Waals surface area contributed by atoms with Crippen molar-refractivity contribution in [2.45, 2.75) is 13.3 Å². The van der Waals surface area contributed by atoms with E-state index >= 15 is 0 Å². The zero-order valence-corrected chi connectivity index (χ0v) is 15.2. The Kier molecular flexibility index (Phi) is 5.41. The molecular formula is C19H16ClFN2O4. The van der Waals surface area contributed by atoms with Crippen LogP contribution in [0.25, 0.3) is 0 Å². The van der Waals surface area contributed by atoms with E-state index in [0.29, 0.717) is 29.1 Å². The topological polar surface area (TPSA) is 75.7 Å². The maximum absolute atomic E-state index is 13.2. The lowest BCUT2D eigenvalue weighted by molar-refractivity contribution is -0.123. The highest BCUT2D eigenvalue weighted by Gasteiger charge is 2.28. The second-order valence-corrected chi connectivity index (χ2v) is 6.31. The number of benzene rings is 2. The number of nitrogens with zero attached hydrogens (tertiary/aromatic N) is 1. The first-order valence-electron chi connectivity index (χ1n) is 8.24. The second kappa shape index (κ2) is 7.75. The number of fused-ring (bicyclic) bond motifs is 1. The number of halogens is 2. The minimum absolute atomic E-state index is 0.0822. The lowest BCUT2D eigenvalue weighted by atomic mass is 10.1. The van der Waals surface area contributed by atoms with Crippen molar-refractivity contribution in [3.8, 4) is 5.75 Å². The van der Waals surface area contributed by atoms with E-state index in [9.17, 15) is 18.8 Å². The Morgan fingerprint density at radius 3 is 2.74 bits per heavy atom. The van der Waals surface area contributed by atoms with Gasteiger partial charge in [0.05, 0.1) is 10.7 Å². The normalized spacial score (nSPS) is 13.0. The molecule has 8 heteroatoms. The van der Waals surface area contributed by atoms with Crippen molar-refractivity contribution in [2.75, 3.05) is 23.4 Å². The Bertz CT molecular complexity index is 932. The third-order valence-corrected chi connectivity index (χ3v) is 4.34. The van der Waals surface area contributed by atoms with Crippen LogP contribution in [0.1, 0.15) is 23.7 Å². The number of rotatable bonds is 5. The van der Waals surface area contributed by atoms with Crippen molar-refractivity contribution in [2.24, 2.45) is 0 Å². The summed E-state index contributed by atoms with van der Waals surface area (Å²) in [6.45, 7) is 1.25. The van der Waals surface area contributed by atoms with Gasteiger partial charge < -0.3 is 10.1 Å². The van der Waals surface area contributed by atoms with E-state index in [0.717, 1.165) is 6.07 Å². The van der Waals surface area contributed by atoms with Gasteiger partial charge in [0.1, 0.15) is 18.1 Å². The Balaban J connectivity index is 1.81. The van der Waals surface area contributed by atoms with Gasteiger partial charge in [-0.1, -0.05) is 18.5 Å². The Labute approximate surface area is 159 Å². The van der Waals surface area contributed by atoms with Crippen LogP contribution in [-0.2, 0) is 9.59 Å². The lowest BCUT2D eigenvalue weighted by Crippen LogP contribution is -2.43. The van der Waals surface area contributed by atoms with Gasteiger partial charge in [0.25, 0.3) is 5.91 Å². The van der Waals surface area contributed by atoms with Gasteiger partial charge >= 0.3 is 0 Å². The number of ketones is 1. The van der Waals surface area contributed by atoms with Gasteiger partial charge in [-0.3, -0.25) is 19.3 Å². The van der Waals surface area contributed by atoms with Crippen molar-refractivity contribution in [1.82, 2.24) is 0 Å². The summed E-state index contributed by atoms with van der Waals surface area (Å²) >= 11 is 5.70. The van der Waals surface area contributed by atoms with Crippen LogP contribution < -0.4 is 15.0 Å². The van der Waals surface area contributed by atoms with Crippen LogP contribution in [0.4, 0.5) is 15.8 Å². The number of hydrogen-bond acceptors (Lipinski definition) is 4. The highest BCUT2D eigenvalue weighted by Crippen LogP contribution is 2.33. The molecule has 2 amide bonds. The molecule has 2 aromatic carbocycles. The van der Waals surface area contributed by atoms with Gasteiger partial charge in [-0.25, -0.2) is 4.39 Å². The molecule has 1 aliphatic heterocycles. The van der Waals surface area contributed by atoms with Crippen molar-refractivity contribution >= 4 is 40.6 Å². The maximum atomic E-state index is 13.2. The fourth-order valence-electron chi connectivity index (χ4n) is 2.67. The quantitative estimate of drug-likeness (QED) is 0.793. The van der Waals surface area contributed by atoms with Crippen molar-refractivity contribution in [3.05, 3.63) is 52.8 Å². The molecule has 3 rings (SSSR count). The van der Waals surface area contributed by atoms with E-state index in [2.05, 4.69) is 5.32 Å². The molecular weight excluding hydrogens is 375 g/mol. The highest BCUT2D eigenvalue weighted by molar-refractivity contribution is 6.31. The number of amides is 2. The molecule has 0 spiro atoms. The minimum atomic E-state index is -0.597. The van der Waals surface area contributed by atoms with E-state index < -0.39 is 17.6 Å². The molecule has 2 aromatic rings. The fourth-order valence-corrected chi connectivity index (χ4v) is 2.85. The molecule has 1 heterocycles. The van der Waals surface area contributed by atoms with Gasteiger partial charge in [-0.15, -0.1) is 0 Å². The standard InChI is InChI=1S/C19H16ClFN2O4/c1-2-16(24)11-3-6-17-15(7-11)23(19(26)10-27-17)9-18(25)22-12-4-5-14(21)13(20)8-12/h3-8H,2,9-10H2,1H3,(H,22,25). The summed E-state index contributed by atoms with van der Waals surface area (Å²) in [6, 6.07) is 8.55. The van der Waals surface area contributed by atoms with Crippen molar-refractivity contribution < 1.29 is 23.5 Å². The van der Waals surface area contributed by atoms with E-state index in [1.165, 1.54) is 17.0 Å². The monoisotopic (exact) mass is 390 g/mol. The van der Waals surface area contributed by atoms with E-state index in [1.807, 2.05) is 0 Å². The molecule has 27 heavy (non-hydrogen) atoms. The molecule has 6 nitrogen and oxygen atoms in total. The van der Waals surface area contributed by atoms with E-state index in [4.69, 9.17) is 16.3 Å². The summed E-state index contributed by atoms with van der Waals surface area (Å²) in [5.41, 5.74) is 1.10. The third kappa shape index (κ3) is 4.09. The summed E-state index contributed by atoms with van der Waals surface area (Å²) < 4.78 is 18.6. The van der Waals surface area contributed by atoms with Crippen LogP contribution in [0, 0.1) is 5.82 Å². The lowest BCUT2D eigenvalue weighted by Gasteiger charge is -2.29. The zero-order valence-electron chi connectivity index (χ0n) is 14.4. The average molecular weight is 391 g/mol. The number of carbonyl (C=O) groups excluding carboxylic acids is 3. The summed E-state index contributed by atoms with van der Waals surface area (Å²) in [7, 11) is 0. The maximum Gasteiger partial charge on any atom is 0.265 e. The first-order chi connectivity index (χ1) is 12.9. The van der Waals surface area contributed by atoms with E-state index in [-0.39, 0.29) is 24.0 Å². The SMILES string of the molecule is CCC(=O)c1ccc2c(c1)N(CC(=O)Nc1ccc(F)c(Cl)c1)C(=O)CO2. The summed E-state index contributed by atoms with van der Waals surface area (Å²) in [5.74, 6) is -1.16. The second-order valence-electron chi connectivity index (χ2n) is 5.90. The fraction of sp³-hybridized carbons (Fsp3) is 0.211. The molecule has 0 bridgehead atoms. The van der Waals surface area contributed by atoms with Crippen LogP contribution in [0.2, 0.25) is 5.02 Å². The molecule has 0 saturated carbocycles. The molecule has 0 aliphatic carbocycles. The number of carbonyl (C=O) groups is 3. The van der Waals surface area contributed by atoms with Gasteiger partial charge in [-0.05, 0) is 36.4 Å². The molecule has 0 saturated heterocycles. The molecule has 140 valence electrons. The van der Waals surface area contributed by atoms with Crippen LogP contribution in [0.3, 0.4) is 0 Å². The molecule has 1 aliphatic rings. The zero-order chi connectivity index (χ0) is 19.6. The summed E-state index contributed by atoms with van der Waals surface area (Å²) in [5, 5.41) is 2.44. The largest absolute Gasteiger partial charge is 0.482 e. The number of Topliss-reactive ketones (excluding diaryl/α,β-unsaturated/α-hetero) is 1. The molecule has 0 unspecified atom stereocenters. The smallest absolute Gasteiger partial charge is 0.265 e. The molecule has 1 N–H and O–H groups in total. The van der Waals surface area contributed by atoms with Gasteiger partial charge in [-0.2, -0.15) is 0 Å². The molecule has 0 fully saturated rings. The first-order valence-corrected chi connectivity index (χ1v) is 8.62. The van der Waals surface area contributed by atoms with Crippen LogP contribution in [0.5, 0.6) is 5.75 Å². The van der Waals surface area contributed by atoms with E-state index in [1.54, 1.807) is 25.1 Å². The molecule has 0 atom stereocenters. The molecule has 0 aromatic heterocycles. The highest BCUT2D eigenvalue weighted by atomic mass is 35.5. The van der Waals surface area contributed by atoms with Crippen LogP contribution in [0.15, 0.2) is 36.4 Å². The van der Waals surface area contributed by atoms with Crippen LogP contribution in [-0.4, -0.2) is 30.7 Å². The summed E-state index contributed by atoms with van der Waals surface area (Å²) in [4.78, 5) is 37.8. The molecule has 0 radical (unpaired) electrons. The van der Waals surface area contributed by atoms with Gasteiger partial charge in [0, 0.05) is 17.7 Å². The number of nitrogens with one attached hydrogen (secondary N) is 1. The predicted molar refractivity (Wildman–Crippen MR) is 99.0 cm³/mol. The number of hydrogen-bond donors (Lipinski definition) is 1. The average Bonchev–Trinajstić information content (AvgIpc) is 2.66. The Morgan fingerprint density at radius 2 is 2.04 bits per heavy atom. The number of ether oxygens (including phenoxy) is 1. The van der Waals surface area contributed by atoms with Crippen LogP contribution >= 0.6 is 11.6 Å². The van der Waals surface area contributed by atoms with Gasteiger partial charge in [0.15, 0.2) is 12.4 Å². The Hall–Kier alpha value is -2.93. The van der Waals surface area contributed by atoms with Crippen molar-refractivity contribution in [3.63, 3.8) is 0 Å². The third-order valence-electron chi connectivity index (χ3n) is 4.05. The first kappa shape index (κ1) is 18.8.